The summed E-state index contributed by atoms with van der Waals surface area (Å²) in [5.41, 5.74) is 0.557. The van der Waals surface area contributed by atoms with E-state index in [1.807, 2.05) is 0 Å². The van der Waals surface area contributed by atoms with Gasteiger partial charge in [-0.3, -0.25) is 19.4 Å². The number of aryl methyl sites for hydroxylation is 1. The fourth-order valence-corrected chi connectivity index (χ4v) is 2.64. The van der Waals surface area contributed by atoms with Gasteiger partial charge in [0.05, 0.1) is 5.92 Å². The van der Waals surface area contributed by atoms with Crippen LogP contribution in [0.5, 0.6) is 0 Å². The molecule has 0 aliphatic heterocycles. The Bertz CT molecular complexity index is 862. The average molecular weight is 293 g/mol. The number of nitrogens with zero attached hydrogens (tertiary/aromatic N) is 2. The van der Waals surface area contributed by atoms with Crippen molar-refractivity contribution in [2.24, 2.45) is 5.92 Å². The molecule has 3 rings (SSSR count). The first kappa shape index (κ1) is 13.9. The minimum absolute atomic E-state index is 0.121. The predicted octanol–water partition coefficient (Wildman–Crippen LogP) is 1.27. The molecule has 0 amide bonds. The summed E-state index contributed by atoms with van der Waals surface area (Å²) in [4.78, 5) is 43.0. The van der Waals surface area contributed by atoms with E-state index in [0.29, 0.717) is 24.1 Å². The minimum Gasteiger partial charge on any atom is -0.324 e. The standard InChI is InChI=1S/C16H11N3O3/c17-8-10-7-12-13(19-16(10)22)2-1-11(15(12)21)14(20)9-3-5-18-6-4-9/h3-7,11H,1-2H2,(H,19,22). The van der Waals surface area contributed by atoms with Gasteiger partial charge in [0.1, 0.15) is 11.6 Å². The van der Waals surface area contributed by atoms with Crippen LogP contribution in [-0.2, 0) is 6.42 Å². The maximum absolute atomic E-state index is 12.5. The molecule has 0 spiro atoms. The predicted molar refractivity (Wildman–Crippen MR) is 76.5 cm³/mol. The summed E-state index contributed by atoms with van der Waals surface area (Å²) in [5, 5.41) is 8.90. The first-order chi connectivity index (χ1) is 10.6. The molecule has 2 aromatic heterocycles. The van der Waals surface area contributed by atoms with Crippen molar-refractivity contribution in [3.05, 3.63) is 63.3 Å². The number of fused-ring (bicyclic) bond motifs is 1. The van der Waals surface area contributed by atoms with Gasteiger partial charge >= 0.3 is 0 Å². The molecule has 0 saturated carbocycles. The van der Waals surface area contributed by atoms with E-state index >= 15 is 0 Å². The van der Waals surface area contributed by atoms with Crippen molar-refractivity contribution >= 4 is 11.6 Å². The van der Waals surface area contributed by atoms with Crippen molar-refractivity contribution in [3.8, 4) is 6.07 Å². The lowest BCUT2D eigenvalue weighted by atomic mass is 9.80. The van der Waals surface area contributed by atoms with Crippen LogP contribution in [0.25, 0.3) is 0 Å². The van der Waals surface area contributed by atoms with Crippen molar-refractivity contribution < 1.29 is 9.59 Å². The number of aromatic amines is 1. The molecule has 1 atom stereocenters. The summed E-state index contributed by atoms with van der Waals surface area (Å²) >= 11 is 0. The monoisotopic (exact) mass is 293 g/mol. The van der Waals surface area contributed by atoms with Gasteiger partial charge in [-0.2, -0.15) is 5.26 Å². The Labute approximate surface area is 125 Å². The number of aromatic nitrogens is 2. The zero-order valence-electron chi connectivity index (χ0n) is 11.5. The van der Waals surface area contributed by atoms with E-state index in [9.17, 15) is 14.4 Å². The Balaban J connectivity index is 2.00. The molecule has 6 nitrogen and oxygen atoms in total. The molecule has 108 valence electrons. The third-order valence-electron chi connectivity index (χ3n) is 3.79. The smallest absolute Gasteiger partial charge is 0.266 e. The molecule has 22 heavy (non-hydrogen) atoms. The van der Waals surface area contributed by atoms with Gasteiger partial charge in [-0.15, -0.1) is 0 Å². The molecule has 0 radical (unpaired) electrons. The number of hydrogen-bond donors (Lipinski definition) is 1. The van der Waals surface area contributed by atoms with Gasteiger partial charge in [0.2, 0.25) is 0 Å². The van der Waals surface area contributed by atoms with Crippen LogP contribution in [0.1, 0.15) is 38.4 Å². The van der Waals surface area contributed by atoms with E-state index < -0.39 is 11.5 Å². The highest BCUT2D eigenvalue weighted by atomic mass is 16.2. The minimum atomic E-state index is -0.785. The number of pyridine rings is 2. The number of nitriles is 1. The summed E-state index contributed by atoms with van der Waals surface area (Å²) in [7, 11) is 0. The first-order valence-electron chi connectivity index (χ1n) is 6.76. The quantitative estimate of drug-likeness (QED) is 0.663. The Morgan fingerprint density at radius 3 is 2.73 bits per heavy atom. The summed E-state index contributed by atoms with van der Waals surface area (Å²) in [6.07, 6.45) is 3.76. The van der Waals surface area contributed by atoms with Crippen LogP contribution in [0.2, 0.25) is 0 Å². The van der Waals surface area contributed by atoms with Gasteiger partial charge in [-0.25, -0.2) is 0 Å². The summed E-state index contributed by atoms with van der Waals surface area (Å²) in [5.74, 6) is -1.40. The summed E-state index contributed by atoms with van der Waals surface area (Å²) in [6, 6.07) is 6.17. The summed E-state index contributed by atoms with van der Waals surface area (Å²) in [6.45, 7) is 0. The first-order valence-corrected chi connectivity index (χ1v) is 6.76. The summed E-state index contributed by atoms with van der Waals surface area (Å²) < 4.78 is 0. The Hall–Kier alpha value is -3.07. The van der Waals surface area contributed by atoms with Crippen LogP contribution in [0.4, 0.5) is 0 Å². The Kier molecular flexibility index (Phi) is 3.39. The molecule has 2 aromatic rings. The molecule has 0 aromatic carbocycles. The second-order valence-electron chi connectivity index (χ2n) is 5.07. The third kappa shape index (κ3) is 2.23. The molecule has 0 fully saturated rings. The van der Waals surface area contributed by atoms with Crippen LogP contribution >= 0.6 is 0 Å². The van der Waals surface area contributed by atoms with Gasteiger partial charge in [-0.05, 0) is 31.0 Å². The average Bonchev–Trinajstić information content (AvgIpc) is 2.55. The molecule has 2 heterocycles. The zero-order valence-corrected chi connectivity index (χ0v) is 11.5. The van der Waals surface area contributed by atoms with Crippen molar-refractivity contribution in [2.75, 3.05) is 0 Å². The Morgan fingerprint density at radius 1 is 1.32 bits per heavy atom. The van der Waals surface area contributed by atoms with E-state index in [-0.39, 0.29) is 22.7 Å². The normalized spacial score (nSPS) is 16.7. The maximum Gasteiger partial charge on any atom is 0.266 e. The largest absolute Gasteiger partial charge is 0.324 e. The van der Waals surface area contributed by atoms with E-state index in [4.69, 9.17) is 5.26 Å². The van der Waals surface area contributed by atoms with E-state index in [0.717, 1.165) is 0 Å². The number of rotatable bonds is 2. The van der Waals surface area contributed by atoms with Crippen LogP contribution in [0, 0.1) is 17.2 Å². The molecule has 1 aliphatic carbocycles. The lowest BCUT2D eigenvalue weighted by molar-refractivity contribution is 0.0789. The number of ketones is 2. The van der Waals surface area contributed by atoms with Gasteiger partial charge in [-0.1, -0.05) is 0 Å². The van der Waals surface area contributed by atoms with Gasteiger partial charge in [0, 0.05) is 29.2 Å². The van der Waals surface area contributed by atoms with Crippen molar-refractivity contribution in [2.45, 2.75) is 12.8 Å². The van der Waals surface area contributed by atoms with E-state index in [1.54, 1.807) is 18.2 Å². The lowest BCUT2D eigenvalue weighted by Crippen LogP contribution is -2.32. The number of hydrogen-bond acceptors (Lipinski definition) is 5. The molecular weight excluding hydrogens is 282 g/mol. The van der Waals surface area contributed by atoms with Crippen LogP contribution in [0.3, 0.4) is 0 Å². The zero-order chi connectivity index (χ0) is 15.7. The molecule has 6 heteroatoms. The van der Waals surface area contributed by atoms with Gasteiger partial charge in [0.25, 0.3) is 5.56 Å². The van der Waals surface area contributed by atoms with Crippen molar-refractivity contribution in [1.82, 2.24) is 9.97 Å². The molecule has 0 bridgehead atoms. The van der Waals surface area contributed by atoms with Crippen LogP contribution in [0.15, 0.2) is 35.4 Å². The fraction of sp³-hybridized carbons (Fsp3) is 0.188. The molecule has 0 saturated heterocycles. The maximum atomic E-state index is 12.5. The number of Topliss-reactive ketones (excluding diaryl/α,β-unsaturated/α-hetero) is 2. The highest BCUT2D eigenvalue weighted by Crippen LogP contribution is 2.26. The molecule has 1 aliphatic rings. The second kappa shape index (κ2) is 5.37. The van der Waals surface area contributed by atoms with Crippen LogP contribution in [-0.4, -0.2) is 21.5 Å². The molecule has 1 unspecified atom stereocenters. The topological polar surface area (TPSA) is 104 Å². The highest BCUT2D eigenvalue weighted by molar-refractivity contribution is 6.17. The van der Waals surface area contributed by atoms with Crippen molar-refractivity contribution in [1.29, 1.82) is 5.26 Å². The third-order valence-corrected chi connectivity index (χ3v) is 3.79. The molecule has 1 N–H and O–H groups in total. The van der Waals surface area contributed by atoms with E-state index in [1.165, 1.54) is 18.5 Å². The number of carbonyl (C=O) groups excluding carboxylic acids is 2. The van der Waals surface area contributed by atoms with Gasteiger partial charge < -0.3 is 4.98 Å². The van der Waals surface area contributed by atoms with Gasteiger partial charge in [0.15, 0.2) is 11.6 Å². The highest BCUT2D eigenvalue weighted by Gasteiger charge is 2.34. The number of carbonyl (C=O) groups is 2. The van der Waals surface area contributed by atoms with Crippen molar-refractivity contribution in [3.63, 3.8) is 0 Å². The van der Waals surface area contributed by atoms with Crippen LogP contribution < -0.4 is 5.56 Å². The second-order valence-corrected chi connectivity index (χ2v) is 5.07. The van der Waals surface area contributed by atoms with E-state index in [2.05, 4.69) is 9.97 Å². The number of nitrogens with one attached hydrogen (secondary N) is 1. The lowest BCUT2D eigenvalue weighted by Gasteiger charge is -2.22. The number of H-pyrrole nitrogens is 1. The fourth-order valence-electron chi connectivity index (χ4n) is 2.64. The Morgan fingerprint density at radius 2 is 2.05 bits per heavy atom. The molecular formula is C16H11N3O3. The SMILES string of the molecule is N#Cc1cc2c([nH]c1=O)CCC(C(=O)c1ccncc1)C2=O.